The molecule has 2 N–H and O–H groups in total. The second kappa shape index (κ2) is 10.4. The molecule has 0 radical (unpaired) electrons. The van der Waals surface area contributed by atoms with Crippen LogP contribution in [0.1, 0.15) is 28.7 Å². The van der Waals surface area contributed by atoms with Crippen LogP contribution in [0, 0.1) is 13.8 Å². The summed E-state index contributed by atoms with van der Waals surface area (Å²) in [6.45, 7) is 6.77. The first kappa shape index (κ1) is 22.0. The Hall–Kier alpha value is -3.68. The van der Waals surface area contributed by atoms with Gasteiger partial charge in [-0.3, -0.25) is 9.59 Å². The van der Waals surface area contributed by atoms with E-state index in [-0.39, 0.29) is 18.4 Å². The molecule has 3 rings (SSSR count). The van der Waals surface area contributed by atoms with E-state index in [4.69, 9.17) is 9.47 Å². The Morgan fingerprint density at radius 3 is 2.13 bits per heavy atom. The van der Waals surface area contributed by atoms with Gasteiger partial charge in [-0.25, -0.2) is 9.97 Å². The molecule has 0 fully saturated rings. The van der Waals surface area contributed by atoms with Crippen LogP contribution < -0.4 is 20.1 Å². The van der Waals surface area contributed by atoms with Gasteiger partial charge in [0.25, 0.3) is 11.8 Å². The average Bonchev–Trinajstić information content (AvgIpc) is 2.77. The topological polar surface area (TPSA) is 102 Å². The fourth-order valence-corrected chi connectivity index (χ4v) is 2.85. The van der Waals surface area contributed by atoms with Gasteiger partial charge in [0, 0.05) is 18.7 Å². The lowest BCUT2D eigenvalue weighted by Crippen LogP contribution is -2.36. The van der Waals surface area contributed by atoms with Crippen molar-refractivity contribution < 1.29 is 19.1 Å². The Balaban J connectivity index is 1.40. The molecule has 8 nitrogen and oxygen atoms in total. The third-order valence-corrected chi connectivity index (χ3v) is 4.57. The zero-order chi connectivity index (χ0) is 22.2. The van der Waals surface area contributed by atoms with Crippen LogP contribution in [0.3, 0.4) is 0 Å². The fraction of sp³-hybridized carbons (Fsp3) is 0.304. The number of carbonyl (C=O) groups excluding carboxylic acids is 2. The lowest BCUT2D eigenvalue weighted by atomic mass is 10.1. The summed E-state index contributed by atoms with van der Waals surface area (Å²) in [5.74, 6) is 0.826. The van der Waals surface area contributed by atoms with Crippen LogP contribution in [0.4, 0.5) is 0 Å². The molecule has 3 aromatic rings. The van der Waals surface area contributed by atoms with Crippen LogP contribution >= 0.6 is 0 Å². The second-order valence-corrected chi connectivity index (χ2v) is 6.90. The zero-order valence-electron chi connectivity index (χ0n) is 17.9. The maximum atomic E-state index is 12.4. The molecule has 0 aliphatic heterocycles. The first-order valence-electron chi connectivity index (χ1n) is 10.1. The summed E-state index contributed by atoms with van der Waals surface area (Å²) in [5.41, 5.74) is 3.62. The van der Waals surface area contributed by atoms with Crippen molar-refractivity contribution in [3.63, 3.8) is 0 Å². The Labute approximate surface area is 181 Å². The van der Waals surface area contributed by atoms with Crippen LogP contribution in [0.5, 0.6) is 11.5 Å². The van der Waals surface area contributed by atoms with Crippen molar-refractivity contribution in [3.05, 3.63) is 59.4 Å². The van der Waals surface area contributed by atoms with Gasteiger partial charge in [-0.2, -0.15) is 0 Å². The van der Waals surface area contributed by atoms with Crippen LogP contribution in [0.15, 0.2) is 42.5 Å². The van der Waals surface area contributed by atoms with Crippen LogP contribution in [-0.2, 0) is 4.79 Å². The number of benzene rings is 2. The van der Waals surface area contributed by atoms with Crippen molar-refractivity contribution in [1.82, 2.24) is 20.6 Å². The minimum Gasteiger partial charge on any atom is -0.494 e. The lowest BCUT2D eigenvalue weighted by molar-refractivity contribution is -0.123. The van der Waals surface area contributed by atoms with E-state index in [2.05, 4.69) is 20.6 Å². The molecule has 0 unspecified atom stereocenters. The van der Waals surface area contributed by atoms with Gasteiger partial charge in [0.2, 0.25) is 0 Å². The highest BCUT2D eigenvalue weighted by molar-refractivity contribution is 5.97. The first-order valence-corrected chi connectivity index (χ1v) is 10.1. The number of hydrogen-bond acceptors (Lipinski definition) is 6. The number of amides is 2. The second-order valence-electron chi connectivity index (χ2n) is 6.90. The van der Waals surface area contributed by atoms with Gasteiger partial charge in [-0.15, -0.1) is 0 Å². The smallest absolute Gasteiger partial charge is 0.258 e. The maximum Gasteiger partial charge on any atom is 0.258 e. The monoisotopic (exact) mass is 422 g/mol. The highest BCUT2D eigenvalue weighted by atomic mass is 16.5. The van der Waals surface area contributed by atoms with Crippen molar-refractivity contribution in [3.8, 4) is 11.5 Å². The van der Waals surface area contributed by atoms with Crippen LogP contribution in [-0.4, -0.2) is 48.1 Å². The number of aryl methyl sites for hydroxylation is 2. The predicted molar refractivity (Wildman–Crippen MR) is 117 cm³/mol. The molecule has 2 aromatic carbocycles. The van der Waals surface area contributed by atoms with E-state index in [0.29, 0.717) is 36.5 Å². The van der Waals surface area contributed by atoms with Gasteiger partial charge in [-0.1, -0.05) is 0 Å². The SMILES string of the molecule is CCOc1ccc(OCC(=O)NCCNC(=O)c2ccc3nc(C)c(C)nc3c2)cc1. The van der Waals surface area contributed by atoms with E-state index in [1.807, 2.05) is 20.8 Å². The number of aromatic nitrogens is 2. The Bertz CT molecular complexity index is 1070. The molecule has 0 saturated heterocycles. The predicted octanol–water partition coefficient (Wildman–Crippen LogP) is 2.57. The summed E-state index contributed by atoms with van der Waals surface area (Å²) in [6.07, 6.45) is 0. The van der Waals surface area contributed by atoms with E-state index in [9.17, 15) is 9.59 Å². The molecule has 0 bridgehead atoms. The summed E-state index contributed by atoms with van der Waals surface area (Å²) in [5, 5.41) is 5.49. The minimum atomic E-state index is -0.269. The third kappa shape index (κ3) is 6.15. The number of ether oxygens (including phenoxy) is 2. The molecule has 2 amide bonds. The molecule has 31 heavy (non-hydrogen) atoms. The molecular weight excluding hydrogens is 396 g/mol. The molecule has 1 aromatic heterocycles. The van der Waals surface area contributed by atoms with E-state index >= 15 is 0 Å². The number of rotatable bonds is 9. The normalized spacial score (nSPS) is 10.5. The molecular formula is C23H26N4O4. The molecule has 162 valence electrons. The van der Waals surface area contributed by atoms with Gasteiger partial charge in [0.1, 0.15) is 11.5 Å². The fourth-order valence-electron chi connectivity index (χ4n) is 2.85. The standard InChI is InChI=1S/C23H26N4O4/c1-4-30-18-6-8-19(9-7-18)31-14-22(28)24-11-12-25-23(29)17-5-10-20-21(13-17)27-16(3)15(2)26-20/h5-10,13H,4,11-12,14H2,1-3H3,(H,24,28)(H,25,29). The summed E-state index contributed by atoms with van der Waals surface area (Å²) < 4.78 is 10.8. The van der Waals surface area contributed by atoms with Crippen molar-refractivity contribution in [2.45, 2.75) is 20.8 Å². The first-order chi connectivity index (χ1) is 15.0. The van der Waals surface area contributed by atoms with Gasteiger partial charge in [0.15, 0.2) is 6.61 Å². The maximum absolute atomic E-state index is 12.4. The number of nitrogens with one attached hydrogen (secondary N) is 2. The largest absolute Gasteiger partial charge is 0.494 e. The number of fused-ring (bicyclic) bond motifs is 1. The van der Waals surface area contributed by atoms with Crippen LogP contribution in [0.2, 0.25) is 0 Å². The Kier molecular flexibility index (Phi) is 7.37. The molecule has 0 saturated carbocycles. The third-order valence-electron chi connectivity index (χ3n) is 4.57. The lowest BCUT2D eigenvalue weighted by Gasteiger charge is -2.10. The number of hydrogen-bond donors (Lipinski definition) is 2. The summed E-state index contributed by atoms with van der Waals surface area (Å²) >= 11 is 0. The average molecular weight is 422 g/mol. The van der Waals surface area contributed by atoms with E-state index in [1.54, 1.807) is 42.5 Å². The van der Waals surface area contributed by atoms with E-state index < -0.39 is 0 Å². The van der Waals surface area contributed by atoms with E-state index in [1.165, 1.54) is 0 Å². The van der Waals surface area contributed by atoms with Crippen molar-refractivity contribution in [2.75, 3.05) is 26.3 Å². The molecule has 8 heteroatoms. The number of carbonyl (C=O) groups is 2. The van der Waals surface area contributed by atoms with Gasteiger partial charge < -0.3 is 20.1 Å². The minimum absolute atomic E-state index is 0.107. The van der Waals surface area contributed by atoms with Crippen molar-refractivity contribution >= 4 is 22.8 Å². The molecule has 0 spiro atoms. The highest BCUT2D eigenvalue weighted by Gasteiger charge is 2.09. The van der Waals surface area contributed by atoms with Crippen molar-refractivity contribution in [2.24, 2.45) is 0 Å². The molecule has 0 aliphatic carbocycles. The Morgan fingerprint density at radius 2 is 1.45 bits per heavy atom. The number of nitrogens with zero attached hydrogens (tertiary/aromatic N) is 2. The summed E-state index contributed by atoms with van der Waals surface area (Å²) in [4.78, 5) is 33.2. The zero-order valence-corrected chi connectivity index (χ0v) is 17.9. The Morgan fingerprint density at radius 1 is 0.839 bits per heavy atom. The van der Waals surface area contributed by atoms with Gasteiger partial charge in [0.05, 0.1) is 29.0 Å². The van der Waals surface area contributed by atoms with Crippen LogP contribution in [0.25, 0.3) is 11.0 Å². The molecule has 0 atom stereocenters. The summed E-state index contributed by atoms with van der Waals surface area (Å²) in [7, 11) is 0. The van der Waals surface area contributed by atoms with Crippen molar-refractivity contribution in [1.29, 1.82) is 0 Å². The van der Waals surface area contributed by atoms with E-state index in [0.717, 1.165) is 22.7 Å². The molecule has 0 aliphatic rings. The van der Waals surface area contributed by atoms with Gasteiger partial charge in [-0.05, 0) is 63.2 Å². The highest BCUT2D eigenvalue weighted by Crippen LogP contribution is 2.17. The quantitative estimate of drug-likeness (QED) is 0.514. The molecule has 1 heterocycles. The van der Waals surface area contributed by atoms with Gasteiger partial charge >= 0.3 is 0 Å². The summed E-state index contributed by atoms with van der Waals surface area (Å²) in [6, 6.07) is 12.3.